The van der Waals surface area contributed by atoms with E-state index in [2.05, 4.69) is 0 Å². The summed E-state index contributed by atoms with van der Waals surface area (Å²) in [5, 5.41) is 9.06. The van der Waals surface area contributed by atoms with Crippen LogP contribution >= 0.6 is 0 Å². The third-order valence-corrected chi connectivity index (χ3v) is 1.80. The van der Waals surface area contributed by atoms with Crippen molar-refractivity contribution in [2.45, 2.75) is 6.18 Å². The number of alkyl halides is 3. The Morgan fingerprint density at radius 1 is 1.40 bits per heavy atom. The molecule has 0 aliphatic heterocycles. The van der Waals surface area contributed by atoms with Gasteiger partial charge in [-0.25, -0.2) is 0 Å². The first-order valence-electron chi connectivity index (χ1n) is 4.20. The lowest BCUT2D eigenvalue weighted by Gasteiger charge is -2.09. The van der Waals surface area contributed by atoms with Crippen LogP contribution in [0, 0.1) is 0 Å². The van der Waals surface area contributed by atoms with Crippen molar-refractivity contribution in [2.75, 3.05) is 6.54 Å². The van der Waals surface area contributed by atoms with Gasteiger partial charge in [0.05, 0.1) is 0 Å². The number of aromatic hydroxyl groups is 1. The number of hydrogen-bond donors (Lipinski definition) is 2. The summed E-state index contributed by atoms with van der Waals surface area (Å²) < 4.78 is 36.9. The van der Waals surface area contributed by atoms with Crippen molar-refractivity contribution in [3.63, 3.8) is 0 Å². The van der Waals surface area contributed by atoms with E-state index in [0.29, 0.717) is 0 Å². The van der Waals surface area contributed by atoms with Crippen molar-refractivity contribution in [3.05, 3.63) is 35.4 Å². The van der Waals surface area contributed by atoms with E-state index in [1.807, 2.05) is 0 Å². The summed E-state index contributed by atoms with van der Waals surface area (Å²) in [4.78, 5) is 0. The highest BCUT2D eigenvalue weighted by molar-refractivity contribution is 5.56. The molecular weight excluding hydrogens is 207 g/mol. The van der Waals surface area contributed by atoms with Crippen LogP contribution in [0.4, 0.5) is 13.2 Å². The zero-order valence-corrected chi connectivity index (χ0v) is 7.75. The molecule has 0 unspecified atom stereocenters. The molecule has 0 radical (unpaired) electrons. The molecule has 0 aliphatic carbocycles. The number of halogens is 3. The Morgan fingerprint density at radius 2 is 2.07 bits per heavy atom. The SMILES string of the molecule is NC/C(=C\c1cccc(O)c1)C(F)(F)F. The largest absolute Gasteiger partial charge is 0.508 e. The topological polar surface area (TPSA) is 46.2 Å². The van der Waals surface area contributed by atoms with E-state index in [9.17, 15) is 13.2 Å². The van der Waals surface area contributed by atoms with Crippen LogP contribution in [-0.2, 0) is 0 Å². The van der Waals surface area contributed by atoms with E-state index in [1.54, 1.807) is 0 Å². The molecule has 0 amide bonds. The minimum atomic E-state index is -4.43. The standard InChI is InChI=1S/C10H10F3NO/c11-10(12,13)8(6-14)4-7-2-1-3-9(15)5-7/h1-5,15H,6,14H2/b8-4+. The molecule has 0 saturated heterocycles. The Kier molecular flexibility index (Phi) is 3.36. The van der Waals surface area contributed by atoms with Gasteiger partial charge in [0.2, 0.25) is 0 Å². The summed E-state index contributed by atoms with van der Waals surface area (Å²) in [6.45, 7) is -0.584. The van der Waals surface area contributed by atoms with Crippen LogP contribution in [0.25, 0.3) is 6.08 Å². The van der Waals surface area contributed by atoms with Crippen LogP contribution in [0.1, 0.15) is 5.56 Å². The van der Waals surface area contributed by atoms with Crippen molar-refractivity contribution in [1.82, 2.24) is 0 Å². The molecule has 1 aromatic carbocycles. The van der Waals surface area contributed by atoms with Crippen molar-refractivity contribution >= 4 is 6.08 Å². The van der Waals surface area contributed by atoms with Crippen LogP contribution in [0.2, 0.25) is 0 Å². The molecule has 0 saturated carbocycles. The molecule has 0 aromatic heterocycles. The molecular formula is C10H10F3NO. The lowest BCUT2D eigenvalue weighted by molar-refractivity contribution is -0.0912. The zero-order valence-electron chi connectivity index (χ0n) is 7.75. The molecule has 1 rings (SSSR count). The molecule has 2 nitrogen and oxygen atoms in total. The van der Waals surface area contributed by atoms with Gasteiger partial charge in [-0.3, -0.25) is 0 Å². The van der Waals surface area contributed by atoms with Gasteiger partial charge in [0.15, 0.2) is 0 Å². The number of nitrogens with two attached hydrogens (primary N) is 1. The first-order valence-corrected chi connectivity index (χ1v) is 4.20. The third-order valence-electron chi connectivity index (χ3n) is 1.80. The second-order valence-corrected chi connectivity index (χ2v) is 2.97. The van der Waals surface area contributed by atoms with E-state index in [-0.39, 0.29) is 11.3 Å². The Morgan fingerprint density at radius 3 is 2.53 bits per heavy atom. The molecule has 0 bridgehead atoms. The molecule has 0 atom stereocenters. The predicted octanol–water partition coefficient (Wildman–Crippen LogP) is 2.30. The molecule has 0 aliphatic rings. The summed E-state index contributed by atoms with van der Waals surface area (Å²) >= 11 is 0. The van der Waals surface area contributed by atoms with Crippen LogP contribution in [0.15, 0.2) is 29.8 Å². The monoisotopic (exact) mass is 217 g/mol. The molecule has 0 fully saturated rings. The normalized spacial score (nSPS) is 12.9. The first-order chi connectivity index (χ1) is 6.93. The van der Waals surface area contributed by atoms with Gasteiger partial charge in [0.25, 0.3) is 0 Å². The van der Waals surface area contributed by atoms with Crippen molar-refractivity contribution in [2.24, 2.45) is 5.73 Å². The Labute approximate surface area is 84.8 Å². The third kappa shape index (κ3) is 3.28. The van der Waals surface area contributed by atoms with Gasteiger partial charge in [0, 0.05) is 12.1 Å². The number of phenolic OH excluding ortho intramolecular Hbond substituents is 1. The van der Waals surface area contributed by atoms with E-state index in [1.165, 1.54) is 24.3 Å². The molecule has 82 valence electrons. The molecule has 0 spiro atoms. The van der Waals surface area contributed by atoms with Gasteiger partial charge in [-0.15, -0.1) is 0 Å². The minimum absolute atomic E-state index is 0.0812. The quantitative estimate of drug-likeness (QED) is 0.798. The highest BCUT2D eigenvalue weighted by atomic mass is 19.4. The summed E-state index contributed by atoms with van der Waals surface area (Å²) in [5.74, 6) is -0.0812. The maximum absolute atomic E-state index is 12.3. The maximum atomic E-state index is 12.3. The van der Waals surface area contributed by atoms with Crippen LogP contribution in [-0.4, -0.2) is 17.8 Å². The fourth-order valence-electron chi connectivity index (χ4n) is 1.07. The van der Waals surface area contributed by atoms with Gasteiger partial charge in [-0.05, 0) is 23.8 Å². The number of rotatable bonds is 2. The second kappa shape index (κ2) is 4.35. The fraction of sp³-hybridized carbons (Fsp3) is 0.200. The fourth-order valence-corrected chi connectivity index (χ4v) is 1.07. The first kappa shape index (κ1) is 11.6. The number of benzene rings is 1. The highest BCUT2D eigenvalue weighted by Crippen LogP contribution is 2.27. The molecule has 5 heteroatoms. The van der Waals surface area contributed by atoms with Crippen LogP contribution < -0.4 is 5.73 Å². The Hall–Kier alpha value is -1.49. The van der Waals surface area contributed by atoms with Crippen LogP contribution in [0.5, 0.6) is 5.75 Å². The van der Waals surface area contributed by atoms with Gasteiger partial charge >= 0.3 is 6.18 Å². The molecule has 15 heavy (non-hydrogen) atoms. The zero-order chi connectivity index (χ0) is 11.5. The molecule has 1 aromatic rings. The Balaban J connectivity index is 3.04. The maximum Gasteiger partial charge on any atom is 0.413 e. The van der Waals surface area contributed by atoms with Crippen molar-refractivity contribution in [1.29, 1.82) is 0 Å². The smallest absolute Gasteiger partial charge is 0.413 e. The molecule has 0 heterocycles. The summed E-state index contributed by atoms with van der Waals surface area (Å²) in [6.07, 6.45) is -3.51. The van der Waals surface area contributed by atoms with Crippen molar-refractivity contribution < 1.29 is 18.3 Å². The minimum Gasteiger partial charge on any atom is -0.508 e. The molecule has 3 N–H and O–H groups in total. The van der Waals surface area contributed by atoms with E-state index >= 15 is 0 Å². The van der Waals surface area contributed by atoms with Crippen molar-refractivity contribution in [3.8, 4) is 5.75 Å². The summed E-state index contributed by atoms with van der Waals surface area (Å²) in [5.41, 5.74) is 4.44. The summed E-state index contributed by atoms with van der Waals surface area (Å²) in [6, 6.07) is 5.54. The van der Waals surface area contributed by atoms with E-state index in [0.717, 1.165) is 6.08 Å². The average Bonchev–Trinajstić information content (AvgIpc) is 2.12. The predicted molar refractivity (Wildman–Crippen MR) is 51.2 cm³/mol. The van der Waals surface area contributed by atoms with E-state index < -0.39 is 18.3 Å². The summed E-state index contributed by atoms with van der Waals surface area (Å²) in [7, 11) is 0. The lowest BCUT2D eigenvalue weighted by Crippen LogP contribution is -2.19. The van der Waals surface area contributed by atoms with Crippen LogP contribution in [0.3, 0.4) is 0 Å². The van der Waals surface area contributed by atoms with Gasteiger partial charge < -0.3 is 10.8 Å². The van der Waals surface area contributed by atoms with Gasteiger partial charge in [-0.1, -0.05) is 12.1 Å². The number of hydrogen-bond acceptors (Lipinski definition) is 2. The van der Waals surface area contributed by atoms with Gasteiger partial charge in [0.1, 0.15) is 5.75 Å². The highest BCUT2D eigenvalue weighted by Gasteiger charge is 2.32. The van der Waals surface area contributed by atoms with Gasteiger partial charge in [-0.2, -0.15) is 13.2 Å². The Bertz CT molecular complexity index is 371. The lowest BCUT2D eigenvalue weighted by atomic mass is 10.1. The second-order valence-electron chi connectivity index (χ2n) is 2.97. The number of phenols is 1. The average molecular weight is 217 g/mol. The van der Waals surface area contributed by atoms with E-state index in [4.69, 9.17) is 10.8 Å².